The van der Waals surface area contributed by atoms with E-state index < -0.39 is 0 Å². The van der Waals surface area contributed by atoms with Gasteiger partial charge < -0.3 is 5.32 Å². The first-order valence-corrected chi connectivity index (χ1v) is 5.74. The van der Waals surface area contributed by atoms with E-state index in [-0.39, 0.29) is 5.91 Å². The molecule has 0 aliphatic heterocycles. The first-order chi connectivity index (χ1) is 8.33. The Kier molecular flexibility index (Phi) is 2.40. The van der Waals surface area contributed by atoms with Gasteiger partial charge in [0, 0.05) is 24.0 Å². The molecule has 1 amide bonds. The molecule has 1 fully saturated rings. The minimum absolute atomic E-state index is 0.0134. The Morgan fingerprint density at radius 3 is 2.65 bits per heavy atom. The van der Waals surface area contributed by atoms with Crippen LogP contribution in [-0.4, -0.2) is 21.7 Å². The van der Waals surface area contributed by atoms with Crippen molar-refractivity contribution in [2.45, 2.75) is 18.9 Å². The molecule has 86 valence electrons. The minimum Gasteiger partial charge on any atom is -0.349 e. The highest BCUT2D eigenvalue weighted by atomic mass is 16.1. The lowest BCUT2D eigenvalue weighted by Gasteiger charge is -2.05. The summed E-state index contributed by atoms with van der Waals surface area (Å²) in [6, 6.07) is 9.72. The maximum atomic E-state index is 11.8. The molecule has 0 atom stereocenters. The summed E-state index contributed by atoms with van der Waals surface area (Å²) in [7, 11) is 0. The van der Waals surface area contributed by atoms with Crippen LogP contribution in [0.1, 0.15) is 23.2 Å². The van der Waals surface area contributed by atoms with E-state index in [0.717, 1.165) is 18.5 Å². The molecule has 1 N–H and O–H groups in total. The van der Waals surface area contributed by atoms with Crippen molar-refractivity contribution in [3.63, 3.8) is 0 Å². The molecule has 0 spiro atoms. The van der Waals surface area contributed by atoms with Crippen molar-refractivity contribution in [1.82, 2.24) is 15.1 Å². The van der Waals surface area contributed by atoms with Crippen LogP contribution in [0.5, 0.6) is 0 Å². The Morgan fingerprint density at radius 1 is 1.29 bits per heavy atom. The Labute approximate surface area is 99.3 Å². The topological polar surface area (TPSA) is 46.9 Å². The van der Waals surface area contributed by atoms with Gasteiger partial charge >= 0.3 is 0 Å². The predicted molar refractivity (Wildman–Crippen MR) is 64.1 cm³/mol. The predicted octanol–water partition coefficient (Wildman–Crippen LogP) is 1.76. The molecule has 2 aromatic rings. The van der Waals surface area contributed by atoms with Gasteiger partial charge in [-0.3, -0.25) is 4.79 Å². The van der Waals surface area contributed by atoms with E-state index in [0.29, 0.717) is 11.6 Å². The fourth-order valence-electron chi connectivity index (χ4n) is 1.68. The minimum atomic E-state index is 0.0134. The molecule has 4 nitrogen and oxygen atoms in total. The molecule has 0 bridgehead atoms. The second-order valence-corrected chi connectivity index (χ2v) is 4.25. The highest BCUT2D eigenvalue weighted by molar-refractivity contribution is 5.94. The molecule has 1 aromatic heterocycles. The van der Waals surface area contributed by atoms with Crippen LogP contribution in [0, 0.1) is 0 Å². The van der Waals surface area contributed by atoms with Gasteiger partial charge in [0.2, 0.25) is 0 Å². The summed E-state index contributed by atoms with van der Waals surface area (Å²) in [5.41, 5.74) is 1.66. The van der Waals surface area contributed by atoms with Crippen LogP contribution in [0.4, 0.5) is 0 Å². The number of rotatable bonds is 3. The third-order valence-electron chi connectivity index (χ3n) is 2.81. The van der Waals surface area contributed by atoms with Crippen LogP contribution in [0.3, 0.4) is 0 Å². The van der Waals surface area contributed by atoms with Crippen molar-refractivity contribution in [2.24, 2.45) is 0 Å². The number of hydrogen-bond acceptors (Lipinski definition) is 2. The summed E-state index contributed by atoms with van der Waals surface area (Å²) < 4.78 is 1.77. The largest absolute Gasteiger partial charge is 0.349 e. The Balaban J connectivity index is 1.77. The number of carbonyl (C=O) groups excluding carboxylic acids is 1. The zero-order valence-corrected chi connectivity index (χ0v) is 9.34. The number of hydrogen-bond donors (Lipinski definition) is 1. The molecule has 4 heteroatoms. The maximum absolute atomic E-state index is 11.8. The van der Waals surface area contributed by atoms with E-state index in [1.165, 1.54) is 0 Å². The molecular weight excluding hydrogens is 214 g/mol. The van der Waals surface area contributed by atoms with Crippen LogP contribution in [0.15, 0.2) is 42.7 Å². The smallest absolute Gasteiger partial charge is 0.251 e. The fourth-order valence-corrected chi connectivity index (χ4v) is 1.68. The van der Waals surface area contributed by atoms with Gasteiger partial charge in [-0.05, 0) is 43.2 Å². The number of amides is 1. The van der Waals surface area contributed by atoms with Crippen LogP contribution < -0.4 is 5.32 Å². The molecule has 17 heavy (non-hydrogen) atoms. The normalized spacial score (nSPS) is 14.6. The van der Waals surface area contributed by atoms with Gasteiger partial charge in [0.1, 0.15) is 0 Å². The molecule has 1 aliphatic rings. The third-order valence-corrected chi connectivity index (χ3v) is 2.81. The van der Waals surface area contributed by atoms with Gasteiger partial charge in [0.05, 0.1) is 5.69 Å². The first kappa shape index (κ1) is 10.1. The number of nitrogens with zero attached hydrogens (tertiary/aromatic N) is 2. The van der Waals surface area contributed by atoms with E-state index in [1.54, 1.807) is 10.9 Å². The quantitative estimate of drug-likeness (QED) is 0.868. The lowest BCUT2D eigenvalue weighted by molar-refractivity contribution is 0.0951. The molecular formula is C13H13N3O. The zero-order chi connectivity index (χ0) is 11.7. The average Bonchev–Trinajstić information content (AvgIpc) is 3.00. The summed E-state index contributed by atoms with van der Waals surface area (Å²) in [6.07, 6.45) is 5.82. The Morgan fingerprint density at radius 2 is 2.06 bits per heavy atom. The van der Waals surface area contributed by atoms with E-state index in [4.69, 9.17) is 0 Å². The van der Waals surface area contributed by atoms with Gasteiger partial charge in [0.15, 0.2) is 0 Å². The Hall–Kier alpha value is -2.10. The lowest BCUT2D eigenvalue weighted by Crippen LogP contribution is -2.25. The molecule has 0 unspecified atom stereocenters. The van der Waals surface area contributed by atoms with Gasteiger partial charge in [-0.25, -0.2) is 4.68 Å². The number of aromatic nitrogens is 2. The van der Waals surface area contributed by atoms with Crippen LogP contribution in [0.2, 0.25) is 0 Å². The van der Waals surface area contributed by atoms with Crippen LogP contribution >= 0.6 is 0 Å². The van der Waals surface area contributed by atoms with E-state index in [2.05, 4.69) is 10.4 Å². The summed E-state index contributed by atoms with van der Waals surface area (Å²) in [4.78, 5) is 11.8. The molecule has 0 radical (unpaired) electrons. The SMILES string of the molecule is O=C(NC1CC1)c1ccc(-n2cccn2)cc1. The summed E-state index contributed by atoms with van der Waals surface area (Å²) >= 11 is 0. The molecule has 1 saturated carbocycles. The summed E-state index contributed by atoms with van der Waals surface area (Å²) in [5.74, 6) is 0.0134. The van der Waals surface area contributed by atoms with Gasteiger partial charge in [-0.2, -0.15) is 5.10 Å². The van der Waals surface area contributed by atoms with Crippen molar-refractivity contribution in [3.05, 3.63) is 48.3 Å². The fraction of sp³-hybridized carbons (Fsp3) is 0.231. The molecule has 1 heterocycles. The van der Waals surface area contributed by atoms with Crippen molar-refractivity contribution in [3.8, 4) is 5.69 Å². The second-order valence-electron chi connectivity index (χ2n) is 4.25. The van der Waals surface area contributed by atoms with E-state index in [9.17, 15) is 4.79 Å². The van der Waals surface area contributed by atoms with Crippen molar-refractivity contribution in [1.29, 1.82) is 0 Å². The standard InChI is InChI=1S/C13H13N3O/c17-13(15-11-4-5-11)10-2-6-12(7-3-10)16-9-1-8-14-16/h1-3,6-9,11H,4-5H2,(H,15,17). The van der Waals surface area contributed by atoms with Crippen molar-refractivity contribution >= 4 is 5.91 Å². The molecule has 3 rings (SSSR count). The van der Waals surface area contributed by atoms with E-state index in [1.807, 2.05) is 36.5 Å². The molecule has 1 aromatic carbocycles. The number of benzene rings is 1. The maximum Gasteiger partial charge on any atom is 0.251 e. The van der Waals surface area contributed by atoms with Crippen LogP contribution in [0.25, 0.3) is 5.69 Å². The molecule has 1 aliphatic carbocycles. The highest BCUT2D eigenvalue weighted by Crippen LogP contribution is 2.19. The van der Waals surface area contributed by atoms with E-state index >= 15 is 0 Å². The summed E-state index contributed by atoms with van der Waals surface area (Å²) in [5, 5.41) is 7.10. The molecule has 0 saturated heterocycles. The third kappa shape index (κ3) is 2.20. The number of carbonyl (C=O) groups is 1. The van der Waals surface area contributed by atoms with Gasteiger partial charge in [0.25, 0.3) is 5.91 Å². The number of nitrogens with one attached hydrogen (secondary N) is 1. The summed E-state index contributed by atoms with van der Waals surface area (Å²) in [6.45, 7) is 0. The monoisotopic (exact) mass is 227 g/mol. The van der Waals surface area contributed by atoms with Crippen molar-refractivity contribution in [2.75, 3.05) is 0 Å². The lowest BCUT2D eigenvalue weighted by atomic mass is 10.2. The zero-order valence-electron chi connectivity index (χ0n) is 9.34. The first-order valence-electron chi connectivity index (χ1n) is 5.74. The van der Waals surface area contributed by atoms with Gasteiger partial charge in [-0.15, -0.1) is 0 Å². The average molecular weight is 227 g/mol. The van der Waals surface area contributed by atoms with Gasteiger partial charge in [-0.1, -0.05) is 0 Å². The highest BCUT2D eigenvalue weighted by Gasteiger charge is 2.23. The van der Waals surface area contributed by atoms with Crippen molar-refractivity contribution < 1.29 is 4.79 Å². The van der Waals surface area contributed by atoms with Crippen LogP contribution in [-0.2, 0) is 0 Å². The Bertz CT molecular complexity index is 512. The second kappa shape index (κ2) is 4.05.